The summed E-state index contributed by atoms with van der Waals surface area (Å²) in [5.74, 6) is -7.34. The molecule has 3 aromatic carbocycles. The minimum atomic E-state index is -4.98. The van der Waals surface area contributed by atoms with Gasteiger partial charge in [0.1, 0.15) is 40.2 Å². The molecule has 4 heterocycles. The van der Waals surface area contributed by atoms with Crippen molar-refractivity contribution in [2.24, 2.45) is 23.7 Å². The number of hydrogen-bond acceptors (Lipinski definition) is 10. The fourth-order valence-corrected chi connectivity index (χ4v) is 7.37. The van der Waals surface area contributed by atoms with Crippen LogP contribution in [-0.4, -0.2) is 81.2 Å². The molecule has 0 aliphatic carbocycles. The summed E-state index contributed by atoms with van der Waals surface area (Å²) in [7, 11) is 2.92. The first-order valence-corrected chi connectivity index (χ1v) is 20.4. The third-order valence-corrected chi connectivity index (χ3v) is 10.6. The van der Waals surface area contributed by atoms with Gasteiger partial charge in [0.2, 0.25) is 23.6 Å². The summed E-state index contributed by atoms with van der Waals surface area (Å²) in [6.45, 7) is 8.27. The highest BCUT2D eigenvalue weighted by molar-refractivity contribution is 6.05. The van der Waals surface area contributed by atoms with Crippen LogP contribution >= 0.6 is 0 Å². The second kappa shape index (κ2) is 19.1. The first-order chi connectivity index (χ1) is 31.6. The van der Waals surface area contributed by atoms with Crippen LogP contribution in [0.1, 0.15) is 34.6 Å². The molecule has 2 aliphatic rings. The molecule has 0 unspecified atom stereocenters. The first-order valence-electron chi connectivity index (χ1n) is 20.4. The van der Waals surface area contributed by atoms with E-state index in [0.29, 0.717) is 17.2 Å². The van der Waals surface area contributed by atoms with E-state index in [9.17, 15) is 59.4 Å². The molecule has 2 fully saturated rings. The van der Waals surface area contributed by atoms with E-state index in [2.05, 4.69) is 26.1 Å². The van der Waals surface area contributed by atoms with Crippen molar-refractivity contribution in [2.75, 3.05) is 42.8 Å². The smallest absolute Gasteiger partial charge is 0.505 e. The molecule has 4 amide bonds. The van der Waals surface area contributed by atoms with Crippen LogP contribution in [0.3, 0.4) is 0 Å². The van der Waals surface area contributed by atoms with Crippen LogP contribution in [-0.2, 0) is 31.8 Å². The Hall–Kier alpha value is -7.40. The topological polar surface area (TPSA) is 191 Å². The summed E-state index contributed by atoms with van der Waals surface area (Å²) in [5.41, 5.74) is -1.79. The Morgan fingerprint density at radius 1 is 0.691 bits per heavy atom. The van der Waals surface area contributed by atoms with Crippen molar-refractivity contribution in [3.8, 4) is 45.5 Å². The molecule has 0 radical (unpaired) electrons. The second-order valence-electron chi connectivity index (χ2n) is 16.7. The van der Waals surface area contributed by atoms with Gasteiger partial charge in [-0.15, -0.1) is 36.5 Å². The van der Waals surface area contributed by atoms with Crippen molar-refractivity contribution in [3.63, 3.8) is 0 Å². The molecule has 364 valence electrons. The number of carbonyl (C=O) groups excluding carboxylic acids is 4. The van der Waals surface area contributed by atoms with Gasteiger partial charge in [-0.25, -0.2) is 8.78 Å². The van der Waals surface area contributed by atoms with Crippen molar-refractivity contribution in [2.45, 2.75) is 52.8 Å². The third kappa shape index (κ3) is 11.4. The van der Waals surface area contributed by atoms with Crippen LogP contribution in [0.2, 0.25) is 0 Å². The first kappa shape index (κ1) is 50.0. The largest absolute Gasteiger partial charge is 0.508 e. The monoisotopic (exact) mass is 964 g/mol. The zero-order chi connectivity index (χ0) is 50.2. The number of rotatable bonds is 10. The van der Waals surface area contributed by atoms with Crippen LogP contribution in [0.15, 0.2) is 66.7 Å². The number of nitrogens with one attached hydrogen (secondary N) is 3. The lowest BCUT2D eigenvalue weighted by Crippen LogP contribution is -2.29. The number of aromatic nitrogens is 4. The molecule has 2 saturated heterocycles. The van der Waals surface area contributed by atoms with Crippen molar-refractivity contribution in [1.82, 2.24) is 24.9 Å². The number of ether oxygens (including phenoxy) is 3. The van der Waals surface area contributed by atoms with Crippen molar-refractivity contribution >= 4 is 41.0 Å². The molecule has 5 aromatic rings. The molecule has 4 N–H and O–H groups in total. The minimum absolute atomic E-state index is 0.0283. The Labute approximate surface area is 382 Å². The van der Waals surface area contributed by atoms with E-state index >= 15 is 0 Å². The number of methoxy groups -OCH3 is 2. The van der Waals surface area contributed by atoms with E-state index in [4.69, 9.17) is 14.2 Å². The molecular formula is C44H44F8N8O8. The SMILES string of the molecule is COc1cc(OC)cc(N2C[C@H](C(=O)Nc3cc(-c4cc(F)cc(OC(C)(C)C)c4)n(C(F)(F)F)n3)[C@@H](C)C2=O)c1.C[C@H]1C(=O)NC[C@@H]1C(=O)Nc1cc(-c2cc(O)cc(F)c2)n(C(F)(F)F)n1. The summed E-state index contributed by atoms with van der Waals surface area (Å²) in [5, 5.41) is 23.4. The summed E-state index contributed by atoms with van der Waals surface area (Å²) in [6.07, 6.45) is -9.92. The lowest BCUT2D eigenvalue weighted by molar-refractivity contribution is -0.211. The predicted molar refractivity (Wildman–Crippen MR) is 227 cm³/mol. The third-order valence-electron chi connectivity index (χ3n) is 10.6. The van der Waals surface area contributed by atoms with E-state index in [1.54, 1.807) is 45.9 Å². The van der Waals surface area contributed by atoms with Gasteiger partial charge in [-0.2, -0.15) is 9.36 Å². The number of hydrogen-bond donors (Lipinski definition) is 4. The molecule has 2 aliphatic heterocycles. The number of phenols is 1. The zero-order valence-electron chi connectivity index (χ0n) is 37.1. The highest BCUT2D eigenvalue weighted by Gasteiger charge is 2.44. The average Bonchev–Trinajstić information content (AvgIpc) is 4.01. The molecular weight excluding hydrogens is 921 g/mol. The van der Waals surface area contributed by atoms with Crippen LogP contribution in [0.25, 0.3) is 22.5 Å². The van der Waals surface area contributed by atoms with Gasteiger partial charge in [-0.1, -0.05) is 13.8 Å². The lowest BCUT2D eigenvalue weighted by Gasteiger charge is -2.22. The molecule has 2 aromatic heterocycles. The van der Waals surface area contributed by atoms with Gasteiger partial charge in [0, 0.05) is 78.5 Å². The van der Waals surface area contributed by atoms with Gasteiger partial charge in [-0.05, 0) is 45.0 Å². The quantitative estimate of drug-likeness (QED) is 0.101. The number of amides is 4. The van der Waals surface area contributed by atoms with E-state index in [-0.39, 0.29) is 51.1 Å². The van der Waals surface area contributed by atoms with Gasteiger partial charge in [-0.3, -0.25) is 19.2 Å². The Balaban J connectivity index is 0.000000244. The maximum atomic E-state index is 14.4. The maximum Gasteiger partial charge on any atom is 0.505 e. The lowest BCUT2D eigenvalue weighted by atomic mass is 9.97. The molecule has 24 heteroatoms. The number of aromatic hydroxyl groups is 1. The highest BCUT2D eigenvalue weighted by atomic mass is 19.4. The molecule has 16 nitrogen and oxygen atoms in total. The number of phenolic OH excluding ortho intramolecular Hbond substituents is 1. The van der Waals surface area contributed by atoms with Gasteiger partial charge in [0.15, 0.2) is 11.6 Å². The number of benzene rings is 3. The van der Waals surface area contributed by atoms with Crippen LogP contribution in [0, 0.1) is 35.3 Å². The number of anilines is 3. The Morgan fingerprint density at radius 2 is 1.19 bits per heavy atom. The van der Waals surface area contributed by atoms with E-state index < -0.39 is 94.1 Å². The van der Waals surface area contributed by atoms with E-state index in [0.717, 1.165) is 42.5 Å². The van der Waals surface area contributed by atoms with Gasteiger partial charge < -0.3 is 40.2 Å². The molecule has 4 atom stereocenters. The predicted octanol–water partition coefficient (Wildman–Crippen LogP) is 7.79. The standard InChI is InChI=1S/C28H30F4N4O5.C16H14F4N4O3/c1-15-22(14-35(26(15)38)18-10-19(39-5)12-20(11-18)40-6)25(37)33-24-13-23(36(34-24)28(30,31)32)16-7-17(29)9-21(8-16)41-27(2,3)4;1-7-11(6-21-14(7)26)15(27)22-13-5-12(24(23-13)16(18,19)20)8-2-9(17)4-10(25)3-8/h7-13,15,22H,14H2,1-6H3,(H,33,34,37);2-5,7,11,25H,6H2,1H3,(H,21,26)(H,22,23,27)/t15-,22+;7-,11+/m11/s1. The molecule has 0 spiro atoms. The Kier molecular flexibility index (Phi) is 14.0. The highest BCUT2D eigenvalue weighted by Crippen LogP contribution is 2.38. The number of carbonyl (C=O) groups is 4. The summed E-state index contributed by atoms with van der Waals surface area (Å²) < 4.78 is 125. The summed E-state index contributed by atoms with van der Waals surface area (Å²) in [4.78, 5) is 51.4. The second-order valence-corrected chi connectivity index (χ2v) is 16.7. The van der Waals surface area contributed by atoms with Gasteiger partial charge in [0.05, 0.1) is 43.1 Å². The Morgan fingerprint density at radius 3 is 1.65 bits per heavy atom. The number of nitrogens with zero attached hydrogens (tertiary/aromatic N) is 5. The summed E-state index contributed by atoms with van der Waals surface area (Å²) in [6, 6.07) is 12.5. The van der Waals surface area contributed by atoms with E-state index in [1.165, 1.54) is 32.1 Å². The van der Waals surface area contributed by atoms with Crippen LogP contribution in [0.4, 0.5) is 52.4 Å². The number of alkyl halides is 6. The van der Waals surface area contributed by atoms with Crippen LogP contribution in [0.5, 0.6) is 23.0 Å². The molecule has 0 bridgehead atoms. The van der Waals surface area contributed by atoms with E-state index in [1.807, 2.05) is 0 Å². The van der Waals surface area contributed by atoms with Gasteiger partial charge in [0.25, 0.3) is 0 Å². The molecule has 68 heavy (non-hydrogen) atoms. The average molecular weight is 965 g/mol. The molecule has 0 saturated carbocycles. The minimum Gasteiger partial charge on any atom is -0.508 e. The van der Waals surface area contributed by atoms with Gasteiger partial charge >= 0.3 is 12.6 Å². The summed E-state index contributed by atoms with van der Waals surface area (Å²) >= 11 is 0. The fourth-order valence-electron chi connectivity index (χ4n) is 7.37. The number of halogens is 8. The Bertz CT molecular complexity index is 2690. The normalized spacial score (nSPS) is 18.4. The van der Waals surface area contributed by atoms with Crippen molar-refractivity contribution in [3.05, 3.63) is 78.4 Å². The van der Waals surface area contributed by atoms with Crippen molar-refractivity contribution in [1.29, 1.82) is 0 Å². The van der Waals surface area contributed by atoms with Crippen LogP contribution < -0.4 is 35.1 Å². The van der Waals surface area contributed by atoms with Crippen molar-refractivity contribution < 1.29 is 73.6 Å². The maximum absolute atomic E-state index is 14.4. The molecule has 7 rings (SSSR count). The zero-order valence-corrected chi connectivity index (χ0v) is 37.1. The fraction of sp³-hybridized carbons (Fsp3) is 0.364.